The Hall–Kier alpha value is -0.0800. The molecule has 0 heterocycles. The number of hydrogen-bond donors (Lipinski definition) is 1. The average Bonchev–Trinajstić information content (AvgIpc) is 2.22. The number of ether oxygens (including phenoxy) is 1. The van der Waals surface area contributed by atoms with E-state index in [9.17, 15) is 0 Å². The van der Waals surface area contributed by atoms with Crippen molar-refractivity contribution in [3.05, 3.63) is 0 Å². The van der Waals surface area contributed by atoms with Gasteiger partial charge in [0.25, 0.3) is 0 Å². The van der Waals surface area contributed by atoms with Crippen LogP contribution in [0.4, 0.5) is 0 Å². The van der Waals surface area contributed by atoms with Crippen molar-refractivity contribution < 1.29 is 4.74 Å². The standard InChI is InChI=1S/C13H27NO/c1-5-15-11(3)13(14-4)12-8-6-10(2)7-9-12/h10-14H,5-9H2,1-4H3. The van der Waals surface area contributed by atoms with Crippen LogP contribution in [0.2, 0.25) is 0 Å². The second-order valence-corrected chi connectivity index (χ2v) is 4.99. The summed E-state index contributed by atoms with van der Waals surface area (Å²) in [5.41, 5.74) is 0. The van der Waals surface area contributed by atoms with Crippen LogP contribution in [0.25, 0.3) is 0 Å². The molecule has 0 aromatic carbocycles. The molecule has 0 radical (unpaired) electrons. The number of hydrogen-bond acceptors (Lipinski definition) is 2. The maximum Gasteiger partial charge on any atom is 0.0702 e. The van der Waals surface area contributed by atoms with Gasteiger partial charge in [-0.05, 0) is 45.6 Å². The fourth-order valence-electron chi connectivity index (χ4n) is 2.87. The zero-order chi connectivity index (χ0) is 11.3. The van der Waals surface area contributed by atoms with E-state index in [2.05, 4.69) is 33.1 Å². The third kappa shape index (κ3) is 3.76. The minimum atomic E-state index is 0.346. The van der Waals surface area contributed by atoms with Crippen molar-refractivity contribution in [2.75, 3.05) is 13.7 Å². The van der Waals surface area contributed by atoms with Crippen LogP contribution in [0.1, 0.15) is 46.5 Å². The van der Waals surface area contributed by atoms with Crippen LogP contribution in [0, 0.1) is 11.8 Å². The first-order valence-electron chi connectivity index (χ1n) is 6.47. The van der Waals surface area contributed by atoms with Gasteiger partial charge in [-0.3, -0.25) is 0 Å². The molecule has 90 valence electrons. The molecule has 0 aromatic heterocycles. The van der Waals surface area contributed by atoms with Crippen LogP contribution in [-0.2, 0) is 4.74 Å². The maximum absolute atomic E-state index is 5.71. The van der Waals surface area contributed by atoms with Crippen molar-refractivity contribution in [2.45, 2.75) is 58.6 Å². The highest BCUT2D eigenvalue weighted by Crippen LogP contribution is 2.31. The molecule has 1 aliphatic carbocycles. The number of rotatable bonds is 5. The van der Waals surface area contributed by atoms with Gasteiger partial charge < -0.3 is 10.1 Å². The maximum atomic E-state index is 5.71. The Bertz CT molecular complexity index is 164. The molecule has 1 fully saturated rings. The van der Waals surface area contributed by atoms with Crippen molar-refractivity contribution in [2.24, 2.45) is 11.8 Å². The smallest absolute Gasteiger partial charge is 0.0702 e. The van der Waals surface area contributed by atoms with E-state index in [-0.39, 0.29) is 0 Å². The van der Waals surface area contributed by atoms with Gasteiger partial charge in [0, 0.05) is 12.6 Å². The topological polar surface area (TPSA) is 21.3 Å². The SMILES string of the molecule is CCOC(C)C(NC)C1CCC(C)CC1. The fraction of sp³-hybridized carbons (Fsp3) is 1.00. The van der Waals surface area contributed by atoms with E-state index in [1.165, 1.54) is 25.7 Å². The molecule has 0 aliphatic heterocycles. The lowest BCUT2D eigenvalue weighted by atomic mass is 9.78. The molecule has 2 heteroatoms. The molecular formula is C13H27NO. The molecular weight excluding hydrogens is 186 g/mol. The van der Waals surface area contributed by atoms with E-state index in [4.69, 9.17) is 4.74 Å². The Morgan fingerprint density at radius 2 is 1.87 bits per heavy atom. The molecule has 1 rings (SSSR count). The highest BCUT2D eigenvalue weighted by molar-refractivity contribution is 4.84. The van der Waals surface area contributed by atoms with Gasteiger partial charge in [0.1, 0.15) is 0 Å². The van der Waals surface area contributed by atoms with Crippen LogP contribution < -0.4 is 5.32 Å². The van der Waals surface area contributed by atoms with Crippen molar-refractivity contribution in [3.8, 4) is 0 Å². The minimum absolute atomic E-state index is 0.346. The molecule has 1 aliphatic rings. The van der Waals surface area contributed by atoms with Crippen molar-refractivity contribution in [3.63, 3.8) is 0 Å². The summed E-state index contributed by atoms with van der Waals surface area (Å²) in [6, 6.07) is 0.539. The predicted octanol–water partition coefficient (Wildman–Crippen LogP) is 2.83. The molecule has 0 amide bonds. The van der Waals surface area contributed by atoms with Gasteiger partial charge in [0.05, 0.1) is 6.10 Å². The molecule has 2 atom stereocenters. The Morgan fingerprint density at radius 1 is 1.27 bits per heavy atom. The van der Waals surface area contributed by atoms with Gasteiger partial charge >= 0.3 is 0 Å². The van der Waals surface area contributed by atoms with Gasteiger partial charge in [0.2, 0.25) is 0 Å². The highest BCUT2D eigenvalue weighted by atomic mass is 16.5. The van der Waals surface area contributed by atoms with E-state index < -0.39 is 0 Å². The van der Waals surface area contributed by atoms with E-state index >= 15 is 0 Å². The summed E-state index contributed by atoms with van der Waals surface area (Å²) in [5, 5.41) is 3.45. The summed E-state index contributed by atoms with van der Waals surface area (Å²) in [6.07, 6.45) is 5.86. The van der Waals surface area contributed by atoms with E-state index in [0.717, 1.165) is 18.4 Å². The van der Waals surface area contributed by atoms with Crippen molar-refractivity contribution >= 4 is 0 Å². The van der Waals surface area contributed by atoms with Crippen LogP contribution in [0.5, 0.6) is 0 Å². The fourth-order valence-corrected chi connectivity index (χ4v) is 2.87. The monoisotopic (exact) mass is 213 g/mol. The zero-order valence-corrected chi connectivity index (χ0v) is 10.8. The average molecular weight is 213 g/mol. The Labute approximate surface area is 94.8 Å². The van der Waals surface area contributed by atoms with Gasteiger partial charge in [-0.2, -0.15) is 0 Å². The summed E-state index contributed by atoms with van der Waals surface area (Å²) >= 11 is 0. The molecule has 0 saturated heterocycles. The summed E-state index contributed by atoms with van der Waals surface area (Å²) in [4.78, 5) is 0. The quantitative estimate of drug-likeness (QED) is 0.758. The van der Waals surface area contributed by atoms with Crippen LogP contribution >= 0.6 is 0 Å². The molecule has 1 saturated carbocycles. The molecule has 2 unspecified atom stereocenters. The minimum Gasteiger partial charge on any atom is -0.377 e. The molecule has 0 spiro atoms. The summed E-state index contributed by atoms with van der Waals surface area (Å²) < 4.78 is 5.71. The van der Waals surface area contributed by atoms with Gasteiger partial charge in [-0.1, -0.05) is 19.8 Å². The Kier molecular flexibility index (Phi) is 5.62. The Morgan fingerprint density at radius 3 is 2.33 bits per heavy atom. The first-order chi connectivity index (χ1) is 7.19. The van der Waals surface area contributed by atoms with E-state index in [1.807, 2.05) is 0 Å². The van der Waals surface area contributed by atoms with Crippen molar-refractivity contribution in [1.82, 2.24) is 5.32 Å². The molecule has 15 heavy (non-hydrogen) atoms. The van der Waals surface area contributed by atoms with Gasteiger partial charge in [-0.25, -0.2) is 0 Å². The first kappa shape index (κ1) is 13.0. The summed E-state index contributed by atoms with van der Waals surface area (Å²) in [7, 11) is 2.07. The number of nitrogens with one attached hydrogen (secondary N) is 1. The van der Waals surface area contributed by atoms with Gasteiger partial charge in [-0.15, -0.1) is 0 Å². The lowest BCUT2D eigenvalue weighted by Crippen LogP contribution is -2.44. The summed E-state index contributed by atoms with van der Waals surface area (Å²) in [5.74, 6) is 1.74. The van der Waals surface area contributed by atoms with Crippen molar-refractivity contribution in [1.29, 1.82) is 0 Å². The third-order valence-corrected chi connectivity index (χ3v) is 3.84. The second-order valence-electron chi connectivity index (χ2n) is 4.99. The first-order valence-corrected chi connectivity index (χ1v) is 6.47. The lowest BCUT2D eigenvalue weighted by Gasteiger charge is -2.35. The van der Waals surface area contributed by atoms with E-state index in [1.54, 1.807) is 0 Å². The van der Waals surface area contributed by atoms with Crippen LogP contribution in [0.3, 0.4) is 0 Å². The van der Waals surface area contributed by atoms with E-state index in [0.29, 0.717) is 12.1 Å². The van der Waals surface area contributed by atoms with Crippen LogP contribution in [0.15, 0.2) is 0 Å². The normalized spacial score (nSPS) is 31.2. The largest absolute Gasteiger partial charge is 0.377 e. The summed E-state index contributed by atoms with van der Waals surface area (Å²) in [6.45, 7) is 7.47. The third-order valence-electron chi connectivity index (χ3n) is 3.84. The predicted molar refractivity (Wildman–Crippen MR) is 65.1 cm³/mol. The number of likely N-dealkylation sites (N-methyl/N-ethyl adjacent to an activating group) is 1. The molecule has 1 N–H and O–H groups in total. The van der Waals surface area contributed by atoms with Crippen LogP contribution in [-0.4, -0.2) is 25.8 Å². The molecule has 2 nitrogen and oxygen atoms in total. The molecule has 0 bridgehead atoms. The Balaban J connectivity index is 2.43. The zero-order valence-electron chi connectivity index (χ0n) is 10.8. The highest BCUT2D eigenvalue weighted by Gasteiger charge is 2.28. The van der Waals surface area contributed by atoms with Gasteiger partial charge in [0.15, 0.2) is 0 Å². The second kappa shape index (κ2) is 6.49. The lowest BCUT2D eigenvalue weighted by molar-refractivity contribution is 0.0237. The molecule has 0 aromatic rings.